The van der Waals surface area contributed by atoms with Gasteiger partial charge in [0, 0.05) is 0 Å². The molecule has 0 aromatic carbocycles. The molecule has 1 fully saturated rings. The highest BCUT2D eigenvalue weighted by atomic mass is 16.7. The largest absolute Gasteiger partial charge is 0.464 e. The van der Waals surface area contributed by atoms with Gasteiger partial charge in [0.2, 0.25) is 5.54 Å². The van der Waals surface area contributed by atoms with Crippen molar-refractivity contribution >= 4 is 12.1 Å². The second kappa shape index (κ2) is 3.45. The van der Waals surface area contributed by atoms with Gasteiger partial charge in [-0.25, -0.2) is 9.59 Å². The Bertz CT molecular complexity index is 266. The molecule has 1 heterocycles. The Morgan fingerprint density at radius 1 is 1.79 bits per heavy atom. The van der Waals surface area contributed by atoms with E-state index in [1.165, 1.54) is 13.8 Å². The van der Waals surface area contributed by atoms with E-state index in [1.54, 1.807) is 6.92 Å². The molecule has 1 aliphatic heterocycles. The van der Waals surface area contributed by atoms with Crippen LogP contribution in [0.4, 0.5) is 4.79 Å². The Kier molecular flexibility index (Phi) is 2.66. The van der Waals surface area contributed by atoms with Gasteiger partial charge >= 0.3 is 12.1 Å². The fraction of sp³-hybridized carbons (Fsp3) is 0.750. The normalized spacial score (nSPS) is 31.6. The molecule has 0 radical (unpaired) electrons. The van der Waals surface area contributed by atoms with E-state index in [2.05, 4.69) is 0 Å². The second-order valence-electron chi connectivity index (χ2n) is 3.21. The van der Waals surface area contributed by atoms with Crippen molar-refractivity contribution in [2.75, 3.05) is 6.61 Å². The van der Waals surface area contributed by atoms with Crippen molar-refractivity contribution in [3.8, 4) is 0 Å². The molecule has 0 aliphatic carbocycles. The summed E-state index contributed by atoms with van der Waals surface area (Å²) in [6.07, 6.45) is -1.67. The average molecular weight is 203 g/mol. The van der Waals surface area contributed by atoms with Crippen LogP contribution in [0.15, 0.2) is 0 Å². The van der Waals surface area contributed by atoms with E-state index < -0.39 is 23.7 Å². The predicted octanol–water partition coefficient (Wildman–Crippen LogP) is 0.538. The lowest BCUT2D eigenvalue weighted by Gasteiger charge is -2.27. The monoisotopic (exact) mass is 203 g/mol. The summed E-state index contributed by atoms with van der Waals surface area (Å²) < 4.78 is 9.44. The zero-order valence-electron chi connectivity index (χ0n) is 8.31. The van der Waals surface area contributed by atoms with Crippen LogP contribution >= 0.6 is 0 Å². The number of ether oxygens (including phenoxy) is 2. The Morgan fingerprint density at radius 2 is 2.36 bits per heavy atom. The van der Waals surface area contributed by atoms with E-state index in [0.29, 0.717) is 0 Å². The minimum atomic E-state index is -1.45. The summed E-state index contributed by atoms with van der Waals surface area (Å²) in [6.45, 7) is 4.74. The molecule has 1 aliphatic rings. The molecule has 1 amide bonds. The van der Waals surface area contributed by atoms with Crippen LogP contribution in [0.25, 0.3) is 0 Å². The fourth-order valence-corrected chi connectivity index (χ4v) is 1.21. The van der Waals surface area contributed by atoms with Crippen molar-refractivity contribution < 1.29 is 24.3 Å². The maximum atomic E-state index is 11.5. The Morgan fingerprint density at radius 3 is 2.71 bits per heavy atom. The smallest absolute Gasteiger partial charge is 0.435 e. The van der Waals surface area contributed by atoms with Gasteiger partial charge in [-0.15, -0.1) is 0 Å². The van der Waals surface area contributed by atoms with Gasteiger partial charge in [-0.1, -0.05) is 0 Å². The molecule has 0 aromatic heterocycles. The van der Waals surface area contributed by atoms with E-state index in [4.69, 9.17) is 9.47 Å². The molecule has 0 unspecified atom stereocenters. The zero-order valence-corrected chi connectivity index (χ0v) is 8.31. The molecule has 80 valence electrons. The Labute approximate surface area is 81.3 Å². The lowest BCUT2D eigenvalue weighted by Crippen LogP contribution is -2.53. The summed E-state index contributed by atoms with van der Waals surface area (Å²) in [5.74, 6) is -0.680. The predicted molar refractivity (Wildman–Crippen MR) is 44.6 cm³/mol. The van der Waals surface area contributed by atoms with E-state index in [-0.39, 0.29) is 11.7 Å². The molecule has 1 N–H and O–H groups in total. The summed E-state index contributed by atoms with van der Waals surface area (Å²) in [5.41, 5.74) is -1.45. The third kappa shape index (κ3) is 1.31. The molecule has 0 spiro atoms. The van der Waals surface area contributed by atoms with Gasteiger partial charge < -0.3 is 9.47 Å². The first kappa shape index (κ1) is 10.8. The third-order valence-corrected chi connectivity index (χ3v) is 2.37. The van der Waals surface area contributed by atoms with Gasteiger partial charge in [0.25, 0.3) is 0 Å². The summed E-state index contributed by atoms with van der Waals surface area (Å²) in [7, 11) is 0. The SMILES string of the molecule is CCOC(=O)[C@]1(C)[C@@H](C)OC(=O)N1O. The second-order valence-corrected chi connectivity index (χ2v) is 3.21. The number of nitrogens with zero attached hydrogens (tertiary/aromatic N) is 1. The van der Waals surface area contributed by atoms with Crippen LogP contribution in [-0.2, 0) is 14.3 Å². The molecule has 0 saturated carbocycles. The Balaban J connectivity index is 2.91. The number of carbonyl (C=O) groups is 2. The first-order valence-corrected chi connectivity index (χ1v) is 4.31. The highest BCUT2D eigenvalue weighted by molar-refractivity contribution is 5.88. The number of cyclic esters (lactones) is 1. The molecule has 6 heteroatoms. The summed E-state index contributed by atoms with van der Waals surface area (Å²) in [6, 6.07) is 0. The molecule has 0 aromatic rings. The molecular weight excluding hydrogens is 190 g/mol. The maximum Gasteiger partial charge on any atom is 0.435 e. The number of rotatable bonds is 2. The van der Waals surface area contributed by atoms with Crippen LogP contribution in [-0.4, -0.2) is 40.6 Å². The molecule has 2 atom stereocenters. The fourth-order valence-electron chi connectivity index (χ4n) is 1.21. The minimum Gasteiger partial charge on any atom is -0.464 e. The van der Waals surface area contributed by atoms with Crippen LogP contribution < -0.4 is 0 Å². The van der Waals surface area contributed by atoms with Crippen molar-refractivity contribution in [1.29, 1.82) is 0 Å². The number of hydroxylamine groups is 2. The molecule has 1 rings (SSSR count). The number of carbonyl (C=O) groups excluding carboxylic acids is 2. The van der Waals surface area contributed by atoms with E-state index in [1.807, 2.05) is 0 Å². The third-order valence-electron chi connectivity index (χ3n) is 2.37. The number of hydrogen-bond donors (Lipinski definition) is 1. The van der Waals surface area contributed by atoms with Crippen molar-refractivity contribution in [2.45, 2.75) is 32.4 Å². The van der Waals surface area contributed by atoms with Gasteiger partial charge in [-0.2, -0.15) is 5.06 Å². The highest BCUT2D eigenvalue weighted by Gasteiger charge is 2.56. The van der Waals surface area contributed by atoms with Crippen molar-refractivity contribution in [1.82, 2.24) is 5.06 Å². The standard InChI is InChI=1S/C8H13NO5/c1-4-13-6(10)8(3)5(2)14-7(11)9(8)12/h5,12H,4H2,1-3H3/t5-,8+/m1/s1. The molecule has 6 nitrogen and oxygen atoms in total. The topological polar surface area (TPSA) is 76.1 Å². The van der Waals surface area contributed by atoms with Crippen molar-refractivity contribution in [3.05, 3.63) is 0 Å². The number of hydrogen-bond acceptors (Lipinski definition) is 5. The van der Waals surface area contributed by atoms with Crippen molar-refractivity contribution in [2.24, 2.45) is 0 Å². The van der Waals surface area contributed by atoms with Gasteiger partial charge in [-0.05, 0) is 20.8 Å². The first-order valence-electron chi connectivity index (χ1n) is 4.31. The summed E-state index contributed by atoms with van der Waals surface area (Å²) in [4.78, 5) is 22.4. The van der Waals surface area contributed by atoms with E-state index in [9.17, 15) is 14.8 Å². The van der Waals surface area contributed by atoms with Crippen LogP contribution in [0.1, 0.15) is 20.8 Å². The summed E-state index contributed by atoms with van der Waals surface area (Å²) in [5, 5.41) is 9.62. The van der Waals surface area contributed by atoms with Crippen LogP contribution in [0.2, 0.25) is 0 Å². The van der Waals surface area contributed by atoms with E-state index >= 15 is 0 Å². The quantitative estimate of drug-likeness (QED) is 0.523. The van der Waals surface area contributed by atoms with Crippen LogP contribution in [0.3, 0.4) is 0 Å². The minimum absolute atomic E-state index is 0.184. The Hall–Kier alpha value is -1.30. The van der Waals surface area contributed by atoms with Crippen LogP contribution in [0, 0.1) is 0 Å². The molecule has 1 saturated heterocycles. The molecular formula is C8H13NO5. The van der Waals surface area contributed by atoms with Crippen LogP contribution in [0.5, 0.6) is 0 Å². The van der Waals surface area contributed by atoms with Gasteiger partial charge in [0.1, 0.15) is 6.10 Å². The van der Waals surface area contributed by atoms with Gasteiger partial charge in [-0.3, -0.25) is 5.21 Å². The summed E-state index contributed by atoms with van der Waals surface area (Å²) >= 11 is 0. The number of esters is 1. The van der Waals surface area contributed by atoms with Crippen molar-refractivity contribution in [3.63, 3.8) is 0 Å². The molecule has 0 bridgehead atoms. The maximum absolute atomic E-state index is 11.5. The zero-order chi connectivity index (χ0) is 10.9. The van der Waals surface area contributed by atoms with E-state index in [0.717, 1.165) is 0 Å². The van der Waals surface area contributed by atoms with Gasteiger partial charge in [0.15, 0.2) is 0 Å². The molecule has 14 heavy (non-hydrogen) atoms. The highest BCUT2D eigenvalue weighted by Crippen LogP contribution is 2.29. The average Bonchev–Trinajstić information content (AvgIpc) is 2.32. The van der Waals surface area contributed by atoms with Gasteiger partial charge in [0.05, 0.1) is 6.61 Å². The lowest BCUT2D eigenvalue weighted by atomic mass is 9.97. The number of amides is 1. The first-order chi connectivity index (χ1) is 6.44. The lowest BCUT2D eigenvalue weighted by molar-refractivity contribution is -0.175.